The normalized spacial score (nSPS) is 18.7. The summed E-state index contributed by atoms with van der Waals surface area (Å²) in [6, 6.07) is 1.78. The van der Waals surface area contributed by atoms with E-state index in [0.29, 0.717) is 18.4 Å². The summed E-state index contributed by atoms with van der Waals surface area (Å²) < 4.78 is 6.89. The first-order chi connectivity index (χ1) is 11.2. The highest BCUT2D eigenvalue weighted by Crippen LogP contribution is 2.22. The fraction of sp³-hybridized carbons (Fsp3) is 0.562. The molecule has 4 rings (SSSR count). The van der Waals surface area contributed by atoms with Crippen LogP contribution in [0.1, 0.15) is 22.8 Å². The van der Waals surface area contributed by atoms with Crippen LogP contribution in [0.4, 0.5) is 0 Å². The van der Waals surface area contributed by atoms with Crippen molar-refractivity contribution in [2.75, 3.05) is 18.8 Å². The van der Waals surface area contributed by atoms with E-state index < -0.39 is 0 Å². The smallest absolute Gasteiger partial charge is 0.267 e. The van der Waals surface area contributed by atoms with E-state index in [1.54, 1.807) is 17.0 Å². The van der Waals surface area contributed by atoms with Crippen molar-refractivity contribution in [3.05, 3.63) is 45.5 Å². The first-order valence-corrected chi connectivity index (χ1v) is 9.14. The Kier molecular flexibility index (Phi) is 3.98. The molecule has 4 heterocycles. The number of rotatable bonds is 4. The fourth-order valence-electron chi connectivity index (χ4n) is 3.26. The van der Waals surface area contributed by atoms with Crippen LogP contribution in [0.25, 0.3) is 0 Å². The van der Waals surface area contributed by atoms with Gasteiger partial charge in [-0.3, -0.25) is 9.69 Å². The van der Waals surface area contributed by atoms with Crippen molar-refractivity contribution in [1.29, 1.82) is 0 Å². The number of aromatic nitrogens is 3. The van der Waals surface area contributed by atoms with Crippen molar-refractivity contribution in [3.8, 4) is 0 Å². The van der Waals surface area contributed by atoms with Gasteiger partial charge >= 0.3 is 0 Å². The van der Waals surface area contributed by atoms with Gasteiger partial charge in [0.15, 0.2) is 5.89 Å². The molecule has 122 valence electrons. The van der Waals surface area contributed by atoms with Crippen molar-refractivity contribution >= 4 is 11.8 Å². The number of nitrogens with zero attached hydrogens (tertiary/aromatic N) is 4. The molecular formula is C16H20N4O2S. The van der Waals surface area contributed by atoms with Crippen molar-refractivity contribution in [3.63, 3.8) is 0 Å². The zero-order valence-corrected chi connectivity index (χ0v) is 14.0. The first kappa shape index (κ1) is 15.0. The van der Waals surface area contributed by atoms with Crippen LogP contribution >= 0.6 is 11.8 Å². The van der Waals surface area contributed by atoms with Gasteiger partial charge in [0.25, 0.3) is 5.56 Å². The highest BCUT2D eigenvalue weighted by molar-refractivity contribution is 7.98. The Labute approximate surface area is 138 Å². The van der Waals surface area contributed by atoms with Gasteiger partial charge in [-0.25, -0.2) is 9.67 Å². The van der Waals surface area contributed by atoms with Gasteiger partial charge in [0, 0.05) is 50.7 Å². The molecule has 0 aliphatic carbocycles. The Morgan fingerprint density at radius 2 is 2.30 bits per heavy atom. The summed E-state index contributed by atoms with van der Waals surface area (Å²) in [7, 11) is 0. The summed E-state index contributed by atoms with van der Waals surface area (Å²) in [6.07, 6.45) is 2.69. The van der Waals surface area contributed by atoms with Crippen LogP contribution in [-0.4, -0.2) is 38.5 Å². The third-order valence-electron chi connectivity index (χ3n) is 4.42. The van der Waals surface area contributed by atoms with Gasteiger partial charge in [0.05, 0.1) is 17.9 Å². The zero-order valence-electron chi connectivity index (χ0n) is 13.2. The maximum Gasteiger partial charge on any atom is 0.267 e. The molecule has 0 unspecified atom stereocenters. The van der Waals surface area contributed by atoms with Crippen molar-refractivity contribution in [2.45, 2.75) is 32.2 Å². The molecule has 2 aromatic heterocycles. The minimum Gasteiger partial charge on any atom is -0.449 e. The van der Waals surface area contributed by atoms with Gasteiger partial charge in [-0.05, 0) is 11.3 Å². The molecule has 0 bridgehead atoms. The summed E-state index contributed by atoms with van der Waals surface area (Å²) in [5, 5.41) is 4.59. The molecule has 0 amide bonds. The maximum absolute atomic E-state index is 12.2. The second kappa shape index (κ2) is 6.13. The van der Waals surface area contributed by atoms with E-state index in [1.165, 1.54) is 0 Å². The molecule has 0 aromatic carbocycles. The predicted molar refractivity (Wildman–Crippen MR) is 88.4 cm³/mol. The summed E-state index contributed by atoms with van der Waals surface area (Å²) in [6.45, 7) is 5.35. The highest BCUT2D eigenvalue weighted by atomic mass is 32.2. The Morgan fingerprint density at radius 1 is 1.43 bits per heavy atom. The molecule has 0 saturated carbocycles. The fourth-order valence-corrected chi connectivity index (χ4v) is 4.21. The molecule has 2 aliphatic heterocycles. The molecule has 7 heteroatoms. The molecule has 0 spiro atoms. The van der Waals surface area contributed by atoms with E-state index in [0.717, 1.165) is 54.5 Å². The number of hydrogen-bond donors (Lipinski definition) is 0. The molecular weight excluding hydrogens is 312 g/mol. The molecule has 1 saturated heterocycles. The van der Waals surface area contributed by atoms with E-state index >= 15 is 0 Å². The second-order valence-corrected chi connectivity index (χ2v) is 7.46. The highest BCUT2D eigenvalue weighted by Gasteiger charge is 2.28. The van der Waals surface area contributed by atoms with E-state index in [4.69, 9.17) is 4.42 Å². The number of thioether (sulfide) groups is 1. The molecule has 2 aromatic rings. The molecule has 0 atom stereocenters. The first-order valence-electron chi connectivity index (χ1n) is 7.98. The second-order valence-electron chi connectivity index (χ2n) is 6.36. The van der Waals surface area contributed by atoms with Gasteiger partial charge < -0.3 is 4.42 Å². The monoisotopic (exact) mass is 332 g/mol. The Balaban J connectivity index is 1.36. The van der Waals surface area contributed by atoms with Gasteiger partial charge in [-0.1, -0.05) is 0 Å². The molecule has 0 N–H and O–H groups in total. The average Bonchev–Trinajstić information content (AvgIpc) is 2.91. The lowest BCUT2D eigenvalue weighted by Crippen LogP contribution is -2.49. The number of aryl methyl sites for hydroxylation is 2. The number of oxazole rings is 1. The minimum absolute atomic E-state index is 0.0387. The quantitative estimate of drug-likeness (QED) is 0.845. The summed E-state index contributed by atoms with van der Waals surface area (Å²) in [5.41, 5.74) is 3.25. The minimum atomic E-state index is 0.0387. The van der Waals surface area contributed by atoms with E-state index in [1.807, 2.05) is 18.7 Å². The Bertz CT molecular complexity index is 764. The van der Waals surface area contributed by atoms with E-state index in [2.05, 4.69) is 15.0 Å². The van der Waals surface area contributed by atoms with Crippen molar-refractivity contribution < 1.29 is 4.42 Å². The van der Waals surface area contributed by atoms with Gasteiger partial charge in [0.2, 0.25) is 0 Å². The molecule has 2 aliphatic rings. The van der Waals surface area contributed by atoms with Crippen molar-refractivity contribution in [2.24, 2.45) is 5.92 Å². The van der Waals surface area contributed by atoms with Crippen LogP contribution < -0.4 is 5.56 Å². The lowest BCUT2D eigenvalue weighted by Gasteiger charge is -2.38. The van der Waals surface area contributed by atoms with Gasteiger partial charge in [0.1, 0.15) is 6.26 Å². The Morgan fingerprint density at radius 3 is 3.09 bits per heavy atom. The number of hydrogen-bond acceptors (Lipinski definition) is 6. The molecule has 6 nitrogen and oxygen atoms in total. The standard InChI is InChI=1S/C16H20N4O2S/c1-11-17-14(9-22-11)8-19-5-12(6-19)7-20-16(21)4-13-10-23-3-2-15(13)18-20/h4,9,12H,2-3,5-8,10H2,1H3. The third kappa shape index (κ3) is 3.21. The summed E-state index contributed by atoms with van der Waals surface area (Å²) in [4.78, 5) is 18.8. The summed E-state index contributed by atoms with van der Waals surface area (Å²) >= 11 is 1.88. The van der Waals surface area contributed by atoms with Crippen LogP contribution in [0, 0.1) is 12.8 Å². The zero-order chi connectivity index (χ0) is 15.8. The molecule has 1 fully saturated rings. The van der Waals surface area contributed by atoms with Crippen LogP contribution in [0.3, 0.4) is 0 Å². The topological polar surface area (TPSA) is 64.2 Å². The largest absolute Gasteiger partial charge is 0.449 e. The van der Waals surface area contributed by atoms with Gasteiger partial charge in [-0.15, -0.1) is 0 Å². The SMILES string of the molecule is Cc1nc(CN2CC(Cn3nc4c(cc3=O)CSCC4)C2)co1. The van der Waals surface area contributed by atoms with Crippen LogP contribution in [-0.2, 0) is 25.3 Å². The van der Waals surface area contributed by atoms with Gasteiger partial charge in [-0.2, -0.15) is 16.9 Å². The lowest BCUT2D eigenvalue weighted by atomic mass is 10.00. The third-order valence-corrected chi connectivity index (χ3v) is 5.43. The number of fused-ring (bicyclic) bond motifs is 1. The van der Waals surface area contributed by atoms with Crippen LogP contribution in [0.15, 0.2) is 21.5 Å². The predicted octanol–water partition coefficient (Wildman–Crippen LogP) is 1.46. The molecule has 23 heavy (non-hydrogen) atoms. The van der Waals surface area contributed by atoms with Crippen LogP contribution in [0.5, 0.6) is 0 Å². The van der Waals surface area contributed by atoms with E-state index in [-0.39, 0.29) is 5.56 Å². The van der Waals surface area contributed by atoms with Crippen LogP contribution in [0.2, 0.25) is 0 Å². The summed E-state index contributed by atoms with van der Waals surface area (Å²) in [5.74, 6) is 3.23. The average molecular weight is 332 g/mol. The Hall–Kier alpha value is -1.60. The molecule has 0 radical (unpaired) electrons. The number of likely N-dealkylation sites (tertiary alicyclic amines) is 1. The van der Waals surface area contributed by atoms with E-state index in [9.17, 15) is 4.79 Å². The maximum atomic E-state index is 12.2. The lowest BCUT2D eigenvalue weighted by molar-refractivity contribution is 0.0752. The van der Waals surface area contributed by atoms with Crippen molar-refractivity contribution in [1.82, 2.24) is 19.7 Å².